The van der Waals surface area contributed by atoms with Gasteiger partial charge in [-0.15, -0.1) is 0 Å². The summed E-state index contributed by atoms with van der Waals surface area (Å²) in [7, 11) is 0. The molecule has 0 aliphatic carbocycles. The maximum Gasteiger partial charge on any atom is 0.127 e. The van der Waals surface area contributed by atoms with Crippen molar-refractivity contribution in [2.24, 2.45) is 0 Å². The van der Waals surface area contributed by atoms with Crippen LogP contribution in [0, 0.1) is 0 Å². The number of hydrogen-bond acceptors (Lipinski definition) is 3. The van der Waals surface area contributed by atoms with Gasteiger partial charge >= 0.3 is 0 Å². The molecule has 1 aromatic heterocycles. The number of pyridine rings is 1. The van der Waals surface area contributed by atoms with E-state index in [0.29, 0.717) is 0 Å². The smallest absolute Gasteiger partial charge is 0.127 e. The van der Waals surface area contributed by atoms with Gasteiger partial charge in [-0.05, 0) is 48.8 Å². The lowest BCUT2D eigenvalue weighted by molar-refractivity contribution is 0.133. The van der Waals surface area contributed by atoms with Crippen LogP contribution in [0.2, 0.25) is 0 Å². The van der Waals surface area contributed by atoms with Gasteiger partial charge in [-0.1, -0.05) is 6.07 Å². The first kappa shape index (κ1) is 11.5. The summed E-state index contributed by atoms with van der Waals surface area (Å²) >= 11 is 3.29. The molecule has 1 heterocycles. The van der Waals surface area contributed by atoms with Crippen LogP contribution in [0.5, 0.6) is 0 Å². The Kier molecular flexibility index (Phi) is 3.50. The average molecular weight is 259 g/mol. The first-order valence-electron chi connectivity index (χ1n) is 4.50. The molecule has 78 valence electrons. The highest BCUT2D eigenvalue weighted by Gasteiger charge is 2.23. The molecule has 2 N–H and O–H groups in total. The van der Waals surface area contributed by atoms with Gasteiger partial charge in [0.2, 0.25) is 0 Å². The van der Waals surface area contributed by atoms with Crippen molar-refractivity contribution in [3.63, 3.8) is 0 Å². The molecule has 14 heavy (non-hydrogen) atoms. The molecule has 0 radical (unpaired) electrons. The normalized spacial score (nSPS) is 13.8. The number of hydrogen-bond donors (Lipinski definition) is 2. The highest BCUT2D eigenvalue weighted by molar-refractivity contribution is 9.10. The van der Waals surface area contributed by atoms with Crippen molar-refractivity contribution < 1.29 is 5.11 Å². The zero-order valence-electron chi connectivity index (χ0n) is 8.58. The first-order valence-corrected chi connectivity index (χ1v) is 5.30. The molecule has 0 aliphatic rings. The van der Waals surface area contributed by atoms with Crippen LogP contribution < -0.4 is 5.32 Å². The molecule has 0 aliphatic heterocycles. The number of halogens is 1. The number of anilines is 1. The predicted molar refractivity (Wildman–Crippen MR) is 61.3 cm³/mol. The molecule has 4 heteroatoms. The number of aromatic nitrogens is 1. The highest BCUT2D eigenvalue weighted by atomic mass is 79.9. The SMILES string of the molecule is CC(O)C(C)(C)Nc1cccc(Br)n1. The van der Waals surface area contributed by atoms with E-state index in [1.165, 1.54) is 0 Å². The Balaban J connectivity index is 2.78. The average Bonchev–Trinajstić information content (AvgIpc) is 2.02. The molecular weight excluding hydrogens is 244 g/mol. The minimum Gasteiger partial charge on any atom is -0.391 e. The van der Waals surface area contributed by atoms with Crippen LogP contribution in [0.25, 0.3) is 0 Å². The third-order valence-electron chi connectivity index (χ3n) is 2.21. The lowest BCUT2D eigenvalue weighted by Crippen LogP contribution is -2.42. The summed E-state index contributed by atoms with van der Waals surface area (Å²) in [4.78, 5) is 4.24. The Labute approximate surface area is 92.7 Å². The second-order valence-electron chi connectivity index (χ2n) is 3.87. The van der Waals surface area contributed by atoms with Crippen LogP contribution >= 0.6 is 15.9 Å². The molecule has 0 saturated carbocycles. The summed E-state index contributed by atoms with van der Waals surface area (Å²) in [6.07, 6.45) is -0.441. The zero-order chi connectivity index (χ0) is 10.8. The van der Waals surface area contributed by atoms with E-state index in [1.807, 2.05) is 32.0 Å². The summed E-state index contributed by atoms with van der Waals surface area (Å²) in [5.41, 5.74) is -0.381. The summed E-state index contributed by atoms with van der Waals surface area (Å²) in [6.45, 7) is 5.62. The van der Waals surface area contributed by atoms with E-state index in [-0.39, 0.29) is 5.54 Å². The van der Waals surface area contributed by atoms with Crippen LogP contribution in [-0.2, 0) is 0 Å². The van der Waals surface area contributed by atoms with E-state index < -0.39 is 6.10 Å². The third kappa shape index (κ3) is 2.96. The quantitative estimate of drug-likeness (QED) is 0.819. The number of nitrogens with one attached hydrogen (secondary N) is 1. The summed E-state index contributed by atoms with van der Waals surface area (Å²) in [5, 5.41) is 12.7. The van der Waals surface area contributed by atoms with Gasteiger partial charge in [0.1, 0.15) is 10.4 Å². The Hall–Kier alpha value is -0.610. The van der Waals surface area contributed by atoms with Gasteiger partial charge in [0.05, 0.1) is 11.6 Å². The molecule has 0 spiro atoms. The molecule has 0 saturated heterocycles. The molecule has 0 amide bonds. The number of aliphatic hydroxyl groups is 1. The van der Waals surface area contributed by atoms with Crippen LogP contribution in [-0.4, -0.2) is 21.7 Å². The van der Waals surface area contributed by atoms with Gasteiger partial charge in [0.15, 0.2) is 0 Å². The lowest BCUT2D eigenvalue weighted by atomic mass is 9.99. The lowest BCUT2D eigenvalue weighted by Gasteiger charge is -2.29. The van der Waals surface area contributed by atoms with Crippen molar-refractivity contribution in [2.45, 2.75) is 32.4 Å². The zero-order valence-corrected chi connectivity index (χ0v) is 10.2. The Morgan fingerprint density at radius 3 is 2.64 bits per heavy atom. The van der Waals surface area contributed by atoms with E-state index in [4.69, 9.17) is 0 Å². The largest absolute Gasteiger partial charge is 0.391 e. The predicted octanol–water partition coefficient (Wildman–Crippen LogP) is 2.42. The molecule has 3 nitrogen and oxygen atoms in total. The van der Waals surface area contributed by atoms with Crippen molar-refractivity contribution in [1.29, 1.82) is 0 Å². The Morgan fingerprint density at radius 2 is 2.14 bits per heavy atom. The minimum atomic E-state index is -0.441. The van der Waals surface area contributed by atoms with E-state index in [2.05, 4.69) is 26.2 Å². The van der Waals surface area contributed by atoms with Gasteiger partial charge in [0, 0.05) is 0 Å². The molecule has 1 rings (SSSR count). The minimum absolute atomic E-state index is 0.381. The van der Waals surface area contributed by atoms with Crippen molar-refractivity contribution in [1.82, 2.24) is 4.98 Å². The van der Waals surface area contributed by atoms with Crippen LogP contribution in [0.3, 0.4) is 0 Å². The summed E-state index contributed by atoms with van der Waals surface area (Å²) in [6, 6.07) is 5.63. The monoisotopic (exact) mass is 258 g/mol. The van der Waals surface area contributed by atoms with Crippen molar-refractivity contribution >= 4 is 21.7 Å². The maximum absolute atomic E-state index is 9.51. The highest BCUT2D eigenvalue weighted by Crippen LogP contribution is 2.18. The van der Waals surface area contributed by atoms with Crippen molar-refractivity contribution in [3.8, 4) is 0 Å². The molecular formula is C10H15BrN2O. The third-order valence-corrected chi connectivity index (χ3v) is 2.65. The molecule has 0 bridgehead atoms. The van der Waals surface area contributed by atoms with Gasteiger partial charge in [-0.25, -0.2) is 4.98 Å². The molecule has 1 aromatic rings. The number of nitrogens with zero attached hydrogens (tertiary/aromatic N) is 1. The second kappa shape index (κ2) is 4.28. The van der Waals surface area contributed by atoms with Crippen molar-refractivity contribution in [3.05, 3.63) is 22.8 Å². The first-order chi connectivity index (χ1) is 6.42. The van der Waals surface area contributed by atoms with E-state index in [1.54, 1.807) is 6.92 Å². The van der Waals surface area contributed by atoms with Gasteiger partial charge in [-0.3, -0.25) is 0 Å². The molecule has 1 unspecified atom stereocenters. The Bertz CT molecular complexity index is 313. The standard InChI is InChI=1S/C10H15BrN2O/c1-7(14)10(2,3)13-9-6-4-5-8(11)12-9/h4-7,14H,1-3H3,(H,12,13). The van der Waals surface area contributed by atoms with E-state index in [0.717, 1.165) is 10.4 Å². The van der Waals surface area contributed by atoms with Gasteiger partial charge < -0.3 is 10.4 Å². The Morgan fingerprint density at radius 1 is 1.50 bits per heavy atom. The van der Waals surface area contributed by atoms with E-state index in [9.17, 15) is 5.11 Å². The van der Waals surface area contributed by atoms with E-state index >= 15 is 0 Å². The fourth-order valence-corrected chi connectivity index (χ4v) is 1.26. The number of aliphatic hydroxyl groups excluding tert-OH is 1. The number of rotatable bonds is 3. The van der Waals surface area contributed by atoms with Gasteiger partial charge in [0.25, 0.3) is 0 Å². The fourth-order valence-electron chi connectivity index (χ4n) is 0.912. The molecule has 0 fully saturated rings. The second-order valence-corrected chi connectivity index (χ2v) is 4.68. The van der Waals surface area contributed by atoms with Gasteiger partial charge in [-0.2, -0.15) is 0 Å². The summed E-state index contributed by atoms with van der Waals surface area (Å²) in [5.74, 6) is 0.755. The van der Waals surface area contributed by atoms with Crippen molar-refractivity contribution in [2.75, 3.05) is 5.32 Å². The molecule has 1 atom stereocenters. The molecule has 0 aromatic carbocycles. The fraction of sp³-hybridized carbons (Fsp3) is 0.500. The maximum atomic E-state index is 9.51. The van der Waals surface area contributed by atoms with Crippen LogP contribution in [0.4, 0.5) is 5.82 Å². The summed E-state index contributed by atoms with van der Waals surface area (Å²) < 4.78 is 0.781. The van der Waals surface area contributed by atoms with Crippen LogP contribution in [0.1, 0.15) is 20.8 Å². The van der Waals surface area contributed by atoms with Crippen LogP contribution in [0.15, 0.2) is 22.8 Å². The topological polar surface area (TPSA) is 45.1 Å².